The highest BCUT2D eigenvalue weighted by Crippen LogP contribution is 2.19. The molecule has 1 aromatic rings. The summed E-state index contributed by atoms with van der Waals surface area (Å²) < 4.78 is 63.3. The summed E-state index contributed by atoms with van der Waals surface area (Å²) in [6.45, 7) is -0.948. The Bertz CT molecular complexity index is 604. The predicted octanol–water partition coefficient (Wildman–Crippen LogP) is -0.172. The molecule has 0 aliphatic carbocycles. The molecule has 3 N–H and O–H groups in total. The van der Waals surface area contributed by atoms with Crippen LogP contribution in [0.5, 0.6) is 0 Å². The molecule has 106 valence electrons. The van der Waals surface area contributed by atoms with Gasteiger partial charge in [-0.1, -0.05) is 0 Å². The first-order chi connectivity index (χ1) is 8.66. The van der Waals surface area contributed by atoms with Crippen LogP contribution in [0.1, 0.15) is 0 Å². The number of aliphatic carboxylic acids is 1. The predicted molar refractivity (Wildman–Crippen MR) is 55.1 cm³/mol. The Kier molecular flexibility index (Phi) is 4.50. The van der Waals surface area contributed by atoms with Crippen molar-refractivity contribution >= 4 is 16.0 Å². The SMILES string of the molecule is O=C(O)C(O)CNS(=O)(=O)c1ccc(F)c(F)c1F. The van der Waals surface area contributed by atoms with Crippen LogP contribution in [0.25, 0.3) is 0 Å². The second-order valence-corrected chi connectivity index (χ2v) is 5.11. The van der Waals surface area contributed by atoms with Gasteiger partial charge < -0.3 is 10.2 Å². The molecule has 0 bridgehead atoms. The normalized spacial score (nSPS) is 13.3. The molecule has 0 saturated carbocycles. The van der Waals surface area contributed by atoms with Gasteiger partial charge in [-0.15, -0.1) is 0 Å². The Labute approximate surface area is 105 Å². The summed E-state index contributed by atoms with van der Waals surface area (Å²) >= 11 is 0. The van der Waals surface area contributed by atoms with E-state index in [4.69, 9.17) is 10.2 Å². The summed E-state index contributed by atoms with van der Waals surface area (Å²) in [6.07, 6.45) is -2.05. The molecule has 1 unspecified atom stereocenters. The van der Waals surface area contributed by atoms with Crippen molar-refractivity contribution in [1.29, 1.82) is 0 Å². The number of sulfonamides is 1. The van der Waals surface area contributed by atoms with Gasteiger partial charge in [-0.05, 0) is 12.1 Å². The summed E-state index contributed by atoms with van der Waals surface area (Å²) in [5.41, 5.74) is 0. The number of hydrogen-bond acceptors (Lipinski definition) is 4. The first-order valence-corrected chi connectivity index (χ1v) is 6.19. The number of aliphatic hydroxyl groups is 1. The fourth-order valence-electron chi connectivity index (χ4n) is 1.07. The first kappa shape index (κ1) is 15.4. The average molecular weight is 299 g/mol. The van der Waals surface area contributed by atoms with Crippen LogP contribution in [-0.2, 0) is 14.8 Å². The largest absolute Gasteiger partial charge is 0.479 e. The Morgan fingerprint density at radius 1 is 1.26 bits per heavy atom. The highest BCUT2D eigenvalue weighted by Gasteiger charge is 2.25. The van der Waals surface area contributed by atoms with Crippen LogP contribution in [0, 0.1) is 17.5 Å². The minimum atomic E-state index is -4.61. The number of carboxylic acid groups (broad SMARTS) is 1. The number of hydrogen-bond donors (Lipinski definition) is 3. The van der Waals surface area contributed by atoms with Crippen LogP contribution >= 0.6 is 0 Å². The molecule has 0 fully saturated rings. The fourth-order valence-corrected chi connectivity index (χ4v) is 2.17. The maximum atomic E-state index is 13.2. The van der Waals surface area contributed by atoms with Gasteiger partial charge >= 0.3 is 5.97 Å². The third-order valence-corrected chi connectivity index (χ3v) is 3.48. The molecule has 1 atom stereocenters. The van der Waals surface area contributed by atoms with E-state index in [0.29, 0.717) is 12.1 Å². The summed E-state index contributed by atoms with van der Waals surface area (Å²) in [6, 6.07) is 0.879. The quantitative estimate of drug-likeness (QED) is 0.655. The van der Waals surface area contributed by atoms with E-state index in [2.05, 4.69) is 0 Å². The molecule has 1 rings (SSSR count). The standard InChI is InChI=1S/C9H8F3NO5S/c10-4-1-2-6(8(12)7(4)11)19(17,18)13-3-5(14)9(15)16/h1-2,5,13-14H,3H2,(H,15,16). The second kappa shape index (κ2) is 5.55. The van der Waals surface area contributed by atoms with Crippen molar-refractivity contribution in [3.63, 3.8) is 0 Å². The third kappa shape index (κ3) is 3.43. The summed E-state index contributed by atoms with van der Waals surface area (Å²) in [7, 11) is -4.61. The summed E-state index contributed by atoms with van der Waals surface area (Å²) in [5.74, 6) is -7.17. The zero-order valence-corrected chi connectivity index (χ0v) is 9.92. The minimum Gasteiger partial charge on any atom is -0.479 e. The number of carboxylic acids is 1. The van der Waals surface area contributed by atoms with Gasteiger partial charge in [0.25, 0.3) is 0 Å². The molecule has 1 aromatic carbocycles. The zero-order chi connectivity index (χ0) is 14.8. The van der Waals surface area contributed by atoms with Crippen LogP contribution in [0.3, 0.4) is 0 Å². The first-order valence-electron chi connectivity index (χ1n) is 4.71. The molecule has 0 aromatic heterocycles. The lowest BCUT2D eigenvalue weighted by molar-refractivity contribution is -0.146. The zero-order valence-electron chi connectivity index (χ0n) is 9.10. The molecule has 0 heterocycles. The van der Waals surface area contributed by atoms with E-state index in [-0.39, 0.29) is 0 Å². The van der Waals surface area contributed by atoms with E-state index in [1.807, 2.05) is 0 Å². The van der Waals surface area contributed by atoms with E-state index in [1.54, 1.807) is 4.72 Å². The van der Waals surface area contributed by atoms with Gasteiger partial charge in [0, 0.05) is 6.54 Å². The lowest BCUT2D eigenvalue weighted by atomic mass is 10.3. The Morgan fingerprint density at radius 2 is 1.84 bits per heavy atom. The number of halogens is 3. The number of nitrogens with one attached hydrogen (secondary N) is 1. The smallest absolute Gasteiger partial charge is 0.333 e. The van der Waals surface area contributed by atoms with Gasteiger partial charge in [0.1, 0.15) is 4.90 Å². The van der Waals surface area contributed by atoms with Crippen LogP contribution in [0.15, 0.2) is 17.0 Å². The Hall–Kier alpha value is -1.65. The van der Waals surface area contributed by atoms with Crippen molar-refractivity contribution in [2.45, 2.75) is 11.0 Å². The van der Waals surface area contributed by atoms with Crippen LogP contribution in [0.2, 0.25) is 0 Å². The molecule has 0 amide bonds. The molecular formula is C9H8F3NO5S. The van der Waals surface area contributed by atoms with Gasteiger partial charge in [-0.25, -0.2) is 31.1 Å². The molecule has 10 heteroatoms. The van der Waals surface area contributed by atoms with Crippen LogP contribution in [-0.4, -0.2) is 37.2 Å². The number of carbonyl (C=O) groups is 1. The third-order valence-electron chi connectivity index (χ3n) is 2.04. The molecule has 0 saturated heterocycles. The van der Waals surface area contributed by atoms with E-state index < -0.39 is 51.0 Å². The Balaban J connectivity index is 3.02. The summed E-state index contributed by atoms with van der Waals surface area (Å²) in [4.78, 5) is 9.06. The second-order valence-electron chi connectivity index (χ2n) is 3.38. The molecule has 0 aliphatic heterocycles. The van der Waals surface area contributed by atoms with Gasteiger partial charge in [-0.3, -0.25) is 0 Å². The number of benzene rings is 1. The van der Waals surface area contributed by atoms with Crippen molar-refractivity contribution < 1.29 is 36.6 Å². The lowest BCUT2D eigenvalue weighted by Gasteiger charge is -2.09. The van der Waals surface area contributed by atoms with Gasteiger partial charge in [0.05, 0.1) is 0 Å². The van der Waals surface area contributed by atoms with E-state index >= 15 is 0 Å². The van der Waals surface area contributed by atoms with Crippen molar-refractivity contribution in [2.75, 3.05) is 6.54 Å². The van der Waals surface area contributed by atoms with E-state index in [0.717, 1.165) is 0 Å². The molecule has 6 nitrogen and oxygen atoms in total. The van der Waals surface area contributed by atoms with E-state index in [1.165, 1.54) is 0 Å². The molecule has 19 heavy (non-hydrogen) atoms. The molecule has 0 radical (unpaired) electrons. The van der Waals surface area contributed by atoms with Crippen molar-refractivity contribution in [3.8, 4) is 0 Å². The molecular weight excluding hydrogens is 291 g/mol. The topological polar surface area (TPSA) is 104 Å². The number of rotatable bonds is 5. The average Bonchev–Trinajstić information content (AvgIpc) is 2.32. The summed E-state index contributed by atoms with van der Waals surface area (Å²) in [5, 5.41) is 17.2. The highest BCUT2D eigenvalue weighted by atomic mass is 32.2. The molecule has 0 aliphatic rings. The maximum Gasteiger partial charge on any atom is 0.333 e. The highest BCUT2D eigenvalue weighted by molar-refractivity contribution is 7.89. The van der Waals surface area contributed by atoms with Crippen LogP contribution in [0.4, 0.5) is 13.2 Å². The number of aliphatic hydroxyl groups excluding tert-OH is 1. The van der Waals surface area contributed by atoms with Crippen LogP contribution < -0.4 is 4.72 Å². The molecule has 0 spiro atoms. The fraction of sp³-hybridized carbons (Fsp3) is 0.222. The monoisotopic (exact) mass is 299 g/mol. The van der Waals surface area contributed by atoms with Gasteiger partial charge in [0.15, 0.2) is 23.6 Å². The van der Waals surface area contributed by atoms with Crippen molar-refractivity contribution in [1.82, 2.24) is 4.72 Å². The minimum absolute atomic E-state index is 0.403. The van der Waals surface area contributed by atoms with Gasteiger partial charge in [-0.2, -0.15) is 0 Å². The maximum absolute atomic E-state index is 13.2. The van der Waals surface area contributed by atoms with Gasteiger partial charge in [0.2, 0.25) is 10.0 Å². The van der Waals surface area contributed by atoms with E-state index in [9.17, 15) is 26.4 Å². The Morgan fingerprint density at radius 3 is 2.37 bits per heavy atom. The van der Waals surface area contributed by atoms with Crippen molar-refractivity contribution in [3.05, 3.63) is 29.6 Å². The lowest BCUT2D eigenvalue weighted by Crippen LogP contribution is -2.36. The van der Waals surface area contributed by atoms with Crippen molar-refractivity contribution in [2.24, 2.45) is 0 Å².